The maximum absolute atomic E-state index is 11.8. The second-order valence-corrected chi connectivity index (χ2v) is 6.45. The molecule has 124 valence electrons. The Balaban J connectivity index is 1.61. The molecule has 2 aromatic rings. The van der Waals surface area contributed by atoms with Crippen LogP contribution in [0.25, 0.3) is 0 Å². The van der Waals surface area contributed by atoms with Gasteiger partial charge < -0.3 is 10.1 Å². The fourth-order valence-corrected chi connectivity index (χ4v) is 3.78. The van der Waals surface area contributed by atoms with Gasteiger partial charge in [0.15, 0.2) is 0 Å². The number of hydrogen-bond acceptors (Lipinski definition) is 4. The molecule has 3 heterocycles. The fraction of sp³-hybridized carbons (Fsp3) is 0.368. The Labute approximate surface area is 141 Å². The highest BCUT2D eigenvalue weighted by Crippen LogP contribution is 2.35. The van der Waals surface area contributed by atoms with Crippen molar-refractivity contribution in [2.75, 3.05) is 19.7 Å². The number of nitrogens with zero attached hydrogens (tertiary/aromatic N) is 2. The first-order valence-electron chi connectivity index (χ1n) is 8.37. The van der Waals surface area contributed by atoms with E-state index >= 15 is 0 Å². The van der Waals surface area contributed by atoms with E-state index in [1.165, 1.54) is 11.1 Å². The Morgan fingerprint density at radius 1 is 1.21 bits per heavy atom. The summed E-state index contributed by atoms with van der Waals surface area (Å²) in [6.45, 7) is 2.51. The summed E-state index contributed by atoms with van der Waals surface area (Å²) in [5, 5.41) is 2.98. The first-order chi connectivity index (χ1) is 11.8. The lowest BCUT2D eigenvalue weighted by molar-refractivity contribution is -0.125. The van der Waals surface area contributed by atoms with E-state index in [0.29, 0.717) is 6.54 Å². The summed E-state index contributed by atoms with van der Waals surface area (Å²) in [7, 11) is 0. The van der Waals surface area contributed by atoms with Gasteiger partial charge in [-0.3, -0.25) is 14.7 Å². The molecule has 4 rings (SSSR count). The van der Waals surface area contributed by atoms with Crippen molar-refractivity contribution in [3.05, 3.63) is 66.0 Å². The molecule has 0 unspecified atom stereocenters. The van der Waals surface area contributed by atoms with Gasteiger partial charge in [0.05, 0.1) is 12.1 Å². The SMILES string of the molecule is O=C1CO[C@@H]2[C@@H](c3ccccc3)CN(Cc3cccnc3)[C@@H]2CN1. The Hall–Kier alpha value is -2.24. The molecule has 2 aliphatic rings. The summed E-state index contributed by atoms with van der Waals surface area (Å²) >= 11 is 0. The molecule has 0 saturated carbocycles. The topological polar surface area (TPSA) is 54.5 Å². The number of likely N-dealkylation sites (tertiary alicyclic amines) is 1. The Bertz CT molecular complexity index is 692. The molecule has 1 aromatic carbocycles. The minimum atomic E-state index is -0.0301. The van der Waals surface area contributed by atoms with Gasteiger partial charge in [-0.05, 0) is 17.2 Å². The van der Waals surface area contributed by atoms with Crippen LogP contribution in [0.5, 0.6) is 0 Å². The molecule has 0 radical (unpaired) electrons. The Kier molecular flexibility index (Phi) is 4.28. The maximum Gasteiger partial charge on any atom is 0.246 e. The smallest absolute Gasteiger partial charge is 0.246 e. The molecule has 2 fully saturated rings. The number of benzene rings is 1. The number of aromatic nitrogens is 1. The van der Waals surface area contributed by atoms with Crippen molar-refractivity contribution in [2.45, 2.75) is 24.6 Å². The predicted molar refractivity (Wildman–Crippen MR) is 90.4 cm³/mol. The average Bonchev–Trinajstić information content (AvgIpc) is 2.85. The lowest BCUT2D eigenvalue weighted by Gasteiger charge is -2.26. The molecule has 0 aliphatic carbocycles. The van der Waals surface area contributed by atoms with Crippen LogP contribution in [0.4, 0.5) is 0 Å². The van der Waals surface area contributed by atoms with E-state index < -0.39 is 0 Å². The summed E-state index contributed by atoms with van der Waals surface area (Å²) in [5.41, 5.74) is 2.45. The van der Waals surface area contributed by atoms with Crippen LogP contribution in [-0.2, 0) is 16.1 Å². The van der Waals surface area contributed by atoms with Crippen LogP contribution in [0.1, 0.15) is 17.0 Å². The summed E-state index contributed by atoms with van der Waals surface area (Å²) in [6, 6.07) is 14.7. The minimum Gasteiger partial charge on any atom is -0.366 e. The number of carbonyl (C=O) groups excluding carboxylic acids is 1. The van der Waals surface area contributed by atoms with Crippen molar-refractivity contribution in [1.82, 2.24) is 15.2 Å². The molecular weight excluding hydrogens is 302 g/mol. The van der Waals surface area contributed by atoms with E-state index in [1.807, 2.05) is 18.3 Å². The molecular formula is C19H21N3O2. The second-order valence-electron chi connectivity index (χ2n) is 6.45. The Morgan fingerprint density at radius 2 is 2.08 bits per heavy atom. The quantitative estimate of drug-likeness (QED) is 0.931. The van der Waals surface area contributed by atoms with Crippen molar-refractivity contribution >= 4 is 5.91 Å². The first kappa shape index (κ1) is 15.3. The number of pyridine rings is 1. The normalized spacial score (nSPS) is 27.3. The van der Waals surface area contributed by atoms with Crippen LogP contribution in [0, 0.1) is 0 Å². The third kappa shape index (κ3) is 3.05. The number of nitrogens with one attached hydrogen (secondary N) is 1. The number of rotatable bonds is 3. The minimum absolute atomic E-state index is 0.0301. The van der Waals surface area contributed by atoms with Crippen LogP contribution in [0.2, 0.25) is 0 Å². The molecule has 2 aliphatic heterocycles. The fourth-order valence-electron chi connectivity index (χ4n) is 3.78. The Morgan fingerprint density at radius 3 is 2.88 bits per heavy atom. The molecule has 2 saturated heterocycles. The van der Waals surface area contributed by atoms with E-state index in [-0.39, 0.29) is 30.6 Å². The summed E-state index contributed by atoms with van der Waals surface area (Å²) in [5.74, 6) is 0.248. The van der Waals surface area contributed by atoms with Gasteiger partial charge in [-0.2, -0.15) is 0 Å². The van der Waals surface area contributed by atoms with Crippen LogP contribution in [0.15, 0.2) is 54.9 Å². The standard InChI is InChI=1S/C19H21N3O2/c23-18-13-24-19-16(15-6-2-1-3-7-15)12-22(17(19)10-21-18)11-14-5-4-8-20-9-14/h1-9,16-17,19H,10-13H2,(H,21,23)/t16-,17-,19-/m1/s1. The van der Waals surface area contributed by atoms with Crippen LogP contribution in [0.3, 0.4) is 0 Å². The zero-order valence-corrected chi connectivity index (χ0v) is 13.5. The van der Waals surface area contributed by atoms with Crippen LogP contribution in [-0.4, -0.2) is 47.6 Å². The van der Waals surface area contributed by atoms with Gasteiger partial charge in [-0.1, -0.05) is 36.4 Å². The highest BCUT2D eigenvalue weighted by atomic mass is 16.5. The van der Waals surface area contributed by atoms with Gasteiger partial charge in [-0.25, -0.2) is 0 Å². The number of hydrogen-bond donors (Lipinski definition) is 1. The zero-order chi connectivity index (χ0) is 16.4. The van der Waals surface area contributed by atoms with Crippen molar-refractivity contribution in [2.24, 2.45) is 0 Å². The summed E-state index contributed by atoms with van der Waals surface area (Å²) in [6.07, 6.45) is 3.72. The molecule has 0 spiro atoms. The lowest BCUT2D eigenvalue weighted by Crippen LogP contribution is -2.42. The molecule has 5 nitrogen and oxygen atoms in total. The van der Waals surface area contributed by atoms with Crippen LogP contribution >= 0.6 is 0 Å². The lowest BCUT2D eigenvalue weighted by atomic mass is 9.93. The van der Waals surface area contributed by atoms with Gasteiger partial charge >= 0.3 is 0 Å². The van der Waals surface area contributed by atoms with E-state index in [1.54, 1.807) is 6.20 Å². The van der Waals surface area contributed by atoms with Crippen molar-refractivity contribution in [3.8, 4) is 0 Å². The third-order valence-electron chi connectivity index (χ3n) is 4.93. The van der Waals surface area contributed by atoms with Gasteiger partial charge in [0.2, 0.25) is 5.91 Å². The molecule has 24 heavy (non-hydrogen) atoms. The number of carbonyl (C=O) groups is 1. The van der Waals surface area contributed by atoms with E-state index in [9.17, 15) is 4.79 Å². The van der Waals surface area contributed by atoms with E-state index in [2.05, 4.69) is 45.5 Å². The van der Waals surface area contributed by atoms with E-state index in [0.717, 1.165) is 13.1 Å². The maximum atomic E-state index is 11.8. The van der Waals surface area contributed by atoms with Gasteiger partial charge in [0.25, 0.3) is 0 Å². The van der Waals surface area contributed by atoms with Crippen molar-refractivity contribution < 1.29 is 9.53 Å². The molecule has 0 bridgehead atoms. The zero-order valence-electron chi connectivity index (χ0n) is 13.5. The first-order valence-corrected chi connectivity index (χ1v) is 8.37. The van der Waals surface area contributed by atoms with Crippen molar-refractivity contribution in [1.29, 1.82) is 0 Å². The van der Waals surface area contributed by atoms with Crippen molar-refractivity contribution in [3.63, 3.8) is 0 Å². The number of amides is 1. The predicted octanol–water partition coefficient (Wildman–Crippen LogP) is 1.56. The molecule has 1 amide bonds. The largest absolute Gasteiger partial charge is 0.366 e. The monoisotopic (exact) mass is 323 g/mol. The van der Waals surface area contributed by atoms with E-state index in [4.69, 9.17) is 4.74 Å². The highest BCUT2D eigenvalue weighted by molar-refractivity contribution is 5.77. The highest BCUT2D eigenvalue weighted by Gasteiger charge is 2.44. The summed E-state index contributed by atoms with van der Waals surface area (Å²) < 4.78 is 6.00. The third-order valence-corrected chi connectivity index (χ3v) is 4.93. The number of fused-ring (bicyclic) bond motifs is 1. The molecule has 3 atom stereocenters. The molecule has 1 N–H and O–H groups in total. The molecule has 1 aromatic heterocycles. The van der Waals surface area contributed by atoms with Gasteiger partial charge in [-0.15, -0.1) is 0 Å². The summed E-state index contributed by atoms with van der Waals surface area (Å²) in [4.78, 5) is 18.4. The van der Waals surface area contributed by atoms with Crippen LogP contribution < -0.4 is 5.32 Å². The van der Waals surface area contributed by atoms with Gasteiger partial charge in [0, 0.05) is 37.9 Å². The van der Waals surface area contributed by atoms with Gasteiger partial charge in [0.1, 0.15) is 6.61 Å². The second kappa shape index (κ2) is 6.71. The molecule has 5 heteroatoms. The number of ether oxygens (including phenoxy) is 1. The average molecular weight is 323 g/mol.